The first-order valence-electron chi connectivity index (χ1n) is 8.08. The molecule has 110 valence electrons. The van der Waals surface area contributed by atoms with Gasteiger partial charge in [0.05, 0.1) is 0 Å². The summed E-state index contributed by atoms with van der Waals surface area (Å²) < 4.78 is 0. The normalized spacial score (nSPS) is 35.4. The Labute approximate surface area is 123 Å². The molecule has 2 heterocycles. The van der Waals surface area contributed by atoms with Crippen molar-refractivity contribution < 1.29 is 0 Å². The summed E-state index contributed by atoms with van der Waals surface area (Å²) >= 11 is 0. The van der Waals surface area contributed by atoms with Gasteiger partial charge in [0, 0.05) is 18.5 Å². The Morgan fingerprint density at radius 3 is 2.90 bits per heavy atom. The first-order valence-corrected chi connectivity index (χ1v) is 8.08. The maximum atomic E-state index is 3.64. The molecule has 1 aromatic rings. The van der Waals surface area contributed by atoms with Gasteiger partial charge in [-0.3, -0.25) is 0 Å². The minimum atomic E-state index is 0.519. The number of likely N-dealkylation sites (tertiary alicyclic amines) is 1. The molecule has 1 spiro atoms. The third-order valence-corrected chi connectivity index (χ3v) is 5.75. The third-order valence-electron chi connectivity index (χ3n) is 5.75. The van der Waals surface area contributed by atoms with Gasteiger partial charge in [0.25, 0.3) is 0 Å². The molecule has 3 rings (SSSR count). The van der Waals surface area contributed by atoms with Crippen LogP contribution >= 0.6 is 0 Å². The summed E-state index contributed by atoms with van der Waals surface area (Å²) in [5.74, 6) is 0.687. The summed E-state index contributed by atoms with van der Waals surface area (Å²) in [5.41, 5.74) is 3.46. The molecule has 0 bridgehead atoms. The number of rotatable bonds is 1. The van der Waals surface area contributed by atoms with Crippen molar-refractivity contribution in [2.75, 3.05) is 26.7 Å². The topological polar surface area (TPSA) is 15.3 Å². The summed E-state index contributed by atoms with van der Waals surface area (Å²) in [4.78, 5) is 2.53. The van der Waals surface area contributed by atoms with E-state index in [0.29, 0.717) is 17.4 Å². The van der Waals surface area contributed by atoms with Crippen LogP contribution in [0.3, 0.4) is 0 Å². The summed E-state index contributed by atoms with van der Waals surface area (Å²) in [7, 11) is 2.28. The van der Waals surface area contributed by atoms with Gasteiger partial charge < -0.3 is 10.2 Å². The highest BCUT2D eigenvalue weighted by Crippen LogP contribution is 2.49. The zero-order valence-corrected chi connectivity index (χ0v) is 13.2. The van der Waals surface area contributed by atoms with E-state index in [4.69, 9.17) is 0 Å². The molecular weight excluding hydrogens is 244 g/mol. The number of aryl methyl sites for hydroxylation is 1. The van der Waals surface area contributed by atoms with Crippen LogP contribution in [0.1, 0.15) is 43.2 Å². The van der Waals surface area contributed by atoms with Crippen molar-refractivity contribution in [3.05, 3.63) is 35.4 Å². The fourth-order valence-corrected chi connectivity index (χ4v) is 4.34. The Bertz CT molecular complexity index is 470. The van der Waals surface area contributed by atoms with Crippen LogP contribution in [0.15, 0.2) is 24.3 Å². The van der Waals surface area contributed by atoms with Gasteiger partial charge in [-0.05, 0) is 64.2 Å². The Kier molecular flexibility index (Phi) is 3.87. The quantitative estimate of drug-likeness (QED) is 0.845. The van der Waals surface area contributed by atoms with Crippen LogP contribution in [0, 0.1) is 12.3 Å². The van der Waals surface area contributed by atoms with Crippen molar-refractivity contribution in [2.24, 2.45) is 5.41 Å². The van der Waals surface area contributed by atoms with E-state index < -0.39 is 0 Å². The van der Waals surface area contributed by atoms with Crippen molar-refractivity contribution in [3.8, 4) is 0 Å². The molecule has 2 nitrogen and oxygen atoms in total. The molecule has 1 N–H and O–H groups in total. The predicted molar refractivity (Wildman–Crippen MR) is 85.2 cm³/mol. The summed E-state index contributed by atoms with van der Waals surface area (Å²) in [6.45, 7) is 8.21. The predicted octanol–water partition coefficient (Wildman–Crippen LogP) is 3.17. The molecular formula is C18H28N2. The molecule has 0 saturated carbocycles. The van der Waals surface area contributed by atoms with Crippen molar-refractivity contribution in [1.82, 2.24) is 10.2 Å². The molecule has 2 saturated heterocycles. The lowest BCUT2D eigenvalue weighted by molar-refractivity contribution is 0.0321. The van der Waals surface area contributed by atoms with Gasteiger partial charge in [0.15, 0.2) is 0 Å². The fraction of sp³-hybridized carbons (Fsp3) is 0.667. The van der Waals surface area contributed by atoms with Crippen molar-refractivity contribution in [3.63, 3.8) is 0 Å². The second-order valence-electron chi connectivity index (χ2n) is 7.07. The van der Waals surface area contributed by atoms with E-state index in [-0.39, 0.29) is 0 Å². The molecule has 3 atom stereocenters. The number of hydrogen-bond donors (Lipinski definition) is 1. The van der Waals surface area contributed by atoms with Crippen LogP contribution in [0.2, 0.25) is 0 Å². The monoisotopic (exact) mass is 272 g/mol. The standard InChI is InChI=1S/C18H28N2/c1-14-5-4-6-16(11-14)17-13-19-9-7-18(17)8-10-20(3)15(2)12-18/h4-6,11,15,17,19H,7-10,12-13H2,1-3H3. The van der Waals surface area contributed by atoms with Gasteiger partial charge in [0.1, 0.15) is 0 Å². The molecule has 2 aliphatic heterocycles. The molecule has 3 unspecified atom stereocenters. The average Bonchev–Trinajstić information content (AvgIpc) is 2.44. The highest BCUT2D eigenvalue weighted by Gasteiger charge is 2.44. The second kappa shape index (κ2) is 5.50. The third kappa shape index (κ3) is 2.51. The van der Waals surface area contributed by atoms with Crippen LogP contribution in [0.4, 0.5) is 0 Å². The summed E-state index contributed by atoms with van der Waals surface area (Å²) in [5, 5.41) is 3.64. The highest BCUT2D eigenvalue weighted by atomic mass is 15.1. The number of piperidine rings is 2. The van der Waals surface area contributed by atoms with Crippen LogP contribution in [0.25, 0.3) is 0 Å². The smallest absolute Gasteiger partial charge is 0.00694 e. The molecule has 2 fully saturated rings. The van der Waals surface area contributed by atoms with Crippen LogP contribution in [-0.4, -0.2) is 37.6 Å². The molecule has 0 aromatic heterocycles. The van der Waals surface area contributed by atoms with E-state index in [2.05, 4.69) is 55.4 Å². The van der Waals surface area contributed by atoms with Gasteiger partial charge in [-0.2, -0.15) is 0 Å². The van der Waals surface area contributed by atoms with Gasteiger partial charge in [-0.15, -0.1) is 0 Å². The lowest BCUT2D eigenvalue weighted by Gasteiger charge is -2.51. The molecule has 0 radical (unpaired) electrons. The lowest BCUT2D eigenvalue weighted by Crippen LogP contribution is -2.52. The van der Waals surface area contributed by atoms with Gasteiger partial charge >= 0.3 is 0 Å². The van der Waals surface area contributed by atoms with E-state index >= 15 is 0 Å². The number of nitrogens with one attached hydrogen (secondary N) is 1. The minimum absolute atomic E-state index is 0.519. The Morgan fingerprint density at radius 1 is 1.30 bits per heavy atom. The molecule has 2 aliphatic rings. The largest absolute Gasteiger partial charge is 0.316 e. The van der Waals surface area contributed by atoms with E-state index in [1.54, 1.807) is 5.56 Å². The Hall–Kier alpha value is -0.860. The van der Waals surface area contributed by atoms with Crippen molar-refractivity contribution in [1.29, 1.82) is 0 Å². The summed E-state index contributed by atoms with van der Waals surface area (Å²) in [6.07, 6.45) is 4.04. The number of nitrogens with zero attached hydrogens (tertiary/aromatic N) is 1. The van der Waals surface area contributed by atoms with Gasteiger partial charge in [-0.1, -0.05) is 29.8 Å². The fourth-order valence-electron chi connectivity index (χ4n) is 4.34. The average molecular weight is 272 g/mol. The maximum absolute atomic E-state index is 3.64. The summed E-state index contributed by atoms with van der Waals surface area (Å²) in [6, 6.07) is 9.90. The highest BCUT2D eigenvalue weighted by molar-refractivity contribution is 5.28. The lowest BCUT2D eigenvalue weighted by atomic mass is 9.61. The first kappa shape index (κ1) is 14.1. The molecule has 1 aromatic carbocycles. The SMILES string of the molecule is Cc1cccc(C2CNCCC23CCN(C)C(C)C3)c1. The minimum Gasteiger partial charge on any atom is -0.316 e. The second-order valence-corrected chi connectivity index (χ2v) is 7.07. The van der Waals surface area contributed by atoms with Crippen LogP contribution in [0.5, 0.6) is 0 Å². The first-order chi connectivity index (χ1) is 9.61. The van der Waals surface area contributed by atoms with E-state index in [1.807, 2.05) is 0 Å². The zero-order chi connectivity index (χ0) is 14.2. The van der Waals surface area contributed by atoms with E-state index in [9.17, 15) is 0 Å². The van der Waals surface area contributed by atoms with Crippen molar-refractivity contribution in [2.45, 2.75) is 45.1 Å². The molecule has 0 aliphatic carbocycles. The van der Waals surface area contributed by atoms with E-state index in [0.717, 1.165) is 6.54 Å². The maximum Gasteiger partial charge on any atom is 0.00694 e. The molecule has 20 heavy (non-hydrogen) atoms. The Balaban J connectivity index is 1.91. The number of hydrogen-bond acceptors (Lipinski definition) is 2. The van der Waals surface area contributed by atoms with Crippen LogP contribution in [-0.2, 0) is 0 Å². The van der Waals surface area contributed by atoms with Crippen LogP contribution < -0.4 is 5.32 Å². The Morgan fingerprint density at radius 2 is 2.15 bits per heavy atom. The number of benzene rings is 1. The van der Waals surface area contributed by atoms with Gasteiger partial charge in [0.2, 0.25) is 0 Å². The zero-order valence-electron chi connectivity index (χ0n) is 13.2. The van der Waals surface area contributed by atoms with E-state index in [1.165, 1.54) is 37.9 Å². The van der Waals surface area contributed by atoms with Gasteiger partial charge in [-0.25, -0.2) is 0 Å². The molecule has 0 amide bonds. The van der Waals surface area contributed by atoms with Crippen molar-refractivity contribution >= 4 is 0 Å². The molecule has 2 heteroatoms.